The van der Waals surface area contributed by atoms with Crippen LogP contribution in [0.4, 0.5) is 0 Å². The summed E-state index contributed by atoms with van der Waals surface area (Å²) in [6.07, 6.45) is 7.05. The lowest BCUT2D eigenvalue weighted by Crippen LogP contribution is -2.36. The Morgan fingerprint density at radius 2 is 2.06 bits per heavy atom. The first-order valence-electron chi connectivity index (χ1n) is 6.05. The van der Waals surface area contributed by atoms with E-state index in [2.05, 4.69) is 47.4 Å². The maximum Gasteiger partial charge on any atom is 0.0285 e. The van der Waals surface area contributed by atoms with Crippen molar-refractivity contribution in [3.05, 3.63) is 48.0 Å². The number of hydrogen-bond acceptors (Lipinski definition) is 2. The molecular weight excluding hydrogens is 196 g/mol. The summed E-state index contributed by atoms with van der Waals surface area (Å²) in [4.78, 5) is 2.47. The fourth-order valence-electron chi connectivity index (χ4n) is 2.27. The minimum Gasteiger partial charge on any atom is -0.329 e. The van der Waals surface area contributed by atoms with Gasteiger partial charge in [-0.2, -0.15) is 0 Å². The van der Waals surface area contributed by atoms with Gasteiger partial charge >= 0.3 is 0 Å². The van der Waals surface area contributed by atoms with E-state index in [9.17, 15) is 0 Å². The Kier molecular flexibility index (Phi) is 4.14. The van der Waals surface area contributed by atoms with Crippen LogP contribution in [0.15, 0.2) is 42.5 Å². The molecule has 2 N–H and O–H groups in total. The molecule has 2 rings (SSSR count). The highest BCUT2D eigenvalue weighted by molar-refractivity contribution is 5.15. The van der Waals surface area contributed by atoms with Crippen molar-refractivity contribution >= 4 is 0 Å². The van der Waals surface area contributed by atoms with E-state index < -0.39 is 0 Å². The second kappa shape index (κ2) is 5.83. The highest BCUT2D eigenvalue weighted by Crippen LogP contribution is 2.18. The van der Waals surface area contributed by atoms with Crippen LogP contribution in [-0.2, 0) is 6.54 Å². The molecule has 1 aliphatic carbocycles. The molecular formula is C14H20N2. The van der Waals surface area contributed by atoms with Crippen LogP contribution in [-0.4, -0.2) is 24.0 Å². The summed E-state index contributed by atoms with van der Waals surface area (Å²) in [7, 11) is 0. The Balaban J connectivity index is 1.99. The molecule has 16 heavy (non-hydrogen) atoms. The highest BCUT2D eigenvalue weighted by atomic mass is 15.2. The molecule has 0 heterocycles. The van der Waals surface area contributed by atoms with Crippen LogP contribution >= 0.6 is 0 Å². The lowest BCUT2D eigenvalue weighted by Gasteiger charge is -2.27. The van der Waals surface area contributed by atoms with E-state index in [0.717, 1.165) is 19.6 Å². The Hall–Kier alpha value is -1.12. The largest absolute Gasteiger partial charge is 0.329 e. The van der Waals surface area contributed by atoms with Gasteiger partial charge in [-0.15, -0.1) is 0 Å². The third-order valence-corrected chi connectivity index (χ3v) is 3.10. The fraction of sp³-hybridized carbons (Fsp3) is 0.429. The first-order chi connectivity index (χ1) is 7.90. The minimum atomic E-state index is 0.587. The van der Waals surface area contributed by atoms with Gasteiger partial charge in [0.15, 0.2) is 0 Å². The molecule has 0 aromatic heterocycles. The van der Waals surface area contributed by atoms with Crippen LogP contribution in [0, 0.1) is 0 Å². The molecule has 0 fully saturated rings. The zero-order valence-electron chi connectivity index (χ0n) is 9.68. The van der Waals surface area contributed by atoms with Crippen LogP contribution < -0.4 is 5.73 Å². The lowest BCUT2D eigenvalue weighted by atomic mass is 10.1. The maximum atomic E-state index is 5.68. The van der Waals surface area contributed by atoms with Crippen molar-refractivity contribution in [2.24, 2.45) is 5.73 Å². The van der Waals surface area contributed by atoms with E-state index >= 15 is 0 Å². The molecule has 1 aromatic carbocycles. The van der Waals surface area contributed by atoms with E-state index in [4.69, 9.17) is 5.73 Å². The second-order valence-electron chi connectivity index (χ2n) is 4.32. The maximum absolute atomic E-state index is 5.68. The highest BCUT2D eigenvalue weighted by Gasteiger charge is 2.17. The van der Waals surface area contributed by atoms with Gasteiger partial charge in [0.05, 0.1) is 0 Å². The number of rotatable bonds is 5. The van der Waals surface area contributed by atoms with E-state index in [-0.39, 0.29) is 0 Å². The molecule has 0 radical (unpaired) electrons. The van der Waals surface area contributed by atoms with Gasteiger partial charge in [-0.25, -0.2) is 0 Å². The molecule has 1 atom stereocenters. The van der Waals surface area contributed by atoms with Crippen molar-refractivity contribution in [3.63, 3.8) is 0 Å². The molecule has 0 spiro atoms. The van der Waals surface area contributed by atoms with Gasteiger partial charge in [0.25, 0.3) is 0 Å². The Bertz CT molecular complexity index is 332. The molecule has 2 heteroatoms. The Morgan fingerprint density at radius 3 is 2.69 bits per heavy atom. The summed E-state index contributed by atoms with van der Waals surface area (Å²) in [5.74, 6) is 0. The van der Waals surface area contributed by atoms with Gasteiger partial charge < -0.3 is 5.73 Å². The van der Waals surface area contributed by atoms with Crippen LogP contribution in [0.2, 0.25) is 0 Å². The predicted octanol–water partition coefficient (Wildman–Crippen LogP) is 2.17. The summed E-state index contributed by atoms with van der Waals surface area (Å²) in [5.41, 5.74) is 7.06. The molecule has 0 bridgehead atoms. The SMILES string of the molecule is NCCN(Cc1ccccc1)C1C=CCC1. The van der Waals surface area contributed by atoms with Crippen molar-refractivity contribution in [3.8, 4) is 0 Å². The van der Waals surface area contributed by atoms with Crippen LogP contribution in [0.25, 0.3) is 0 Å². The molecule has 0 aliphatic heterocycles. The predicted molar refractivity (Wildman–Crippen MR) is 68.1 cm³/mol. The van der Waals surface area contributed by atoms with E-state index in [1.807, 2.05) is 0 Å². The first-order valence-corrected chi connectivity index (χ1v) is 6.05. The molecule has 86 valence electrons. The zero-order valence-corrected chi connectivity index (χ0v) is 9.68. The number of hydrogen-bond donors (Lipinski definition) is 1. The van der Waals surface area contributed by atoms with Gasteiger partial charge in [0, 0.05) is 25.7 Å². The van der Waals surface area contributed by atoms with E-state index in [1.54, 1.807) is 0 Å². The standard InChI is InChI=1S/C14H20N2/c15-10-11-16(14-8-4-5-9-14)12-13-6-2-1-3-7-13/h1-4,6-8,14H,5,9-12,15H2. The van der Waals surface area contributed by atoms with Crippen molar-refractivity contribution in [1.82, 2.24) is 4.90 Å². The molecule has 0 saturated carbocycles. The van der Waals surface area contributed by atoms with Crippen LogP contribution in [0.5, 0.6) is 0 Å². The average Bonchev–Trinajstić information content (AvgIpc) is 2.83. The number of benzene rings is 1. The second-order valence-corrected chi connectivity index (χ2v) is 4.32. The van der Waals surface area contributed by atoms with Gasteiger partial charge in [-0.1, -0.05) is 42.5 Å². The van der Waals surface area contributed by atoms with E-state index in [1.165, 1.54) is 18.4 Å². The zero-order chi connectivity index (χ0) is 11.2. The first kappa shape index (κ1) is 11.4. The van der Waals surface area contributed by atoms with Gasteiger partial charge in [0.1, 0.15) is 0 Å². The Labute approximate surface area is 97.8 Å². The summed E-state index contributed by atoms with van der Waals surface area (Å²) in [6, 6.07) is 11.2. The third kappa shape index (κ3) is 2.94. The van der Waals surface area contributed by atoms with Crippen LogP contribution in [0.1, 0.15) is 18.4 Å². The van der Waals surface area contributed by atoms with Crippen molar-refractivity contribution < 1.29 is 0 Å². The molecule has 1 aromatic rings. The summed E-state index contributed by atoms with van der Waals surface area (Å²) in [5, 5.41) is 0. The van der Waals surface area contributed by atoms with Gasteiger partial charge in [-0.3, -0.25) is 4.90 Å². The van der Waals surface area contributed by atoms with Crippen molar-refractivity contribution in [1.29, 1.82) is 0 Å². The molecule has 0 saturated heterocycles. The molecule has 0 amide bonds. The lowest BCUT2D eigenvalue weighted by molar-refractivity contribution is 0.224. The fourth-order valence-corrected chi connectivity index (χ4v) is 2.27. The van der Waals surface area contributed by atoms with Gasteiger partial charge in [-0.05, 0) is 18.4 Å². The normalized spacial score (nSPS) is 19.5. The van der Waals surface area contributed by atoms with Crippen LogP contribution in [0.3, 0.4) is 0 Å². The number of nitrogens with zero attached hydrogens (tertiary/aromatic N) is 1. The molecule has 1 unspecified atom stereocenters. The van der Waals surface area contributed by atoms with E-state index in [0.29, 0.717) is 6.04 Å². The molecule has 2 nitrogen and oxygen atoms in total. The average molecular weight is 216 g/mol. The third-order valence-electron chi connectivity index (χ3n) is 3.10. The Morgan fingerprint density at radius 1 is 1.25 bits per heavy atom. The van der Waals surface area contributed by atoms with Crippen molar-refractivity contribution in [2.75, 3.05) is 13.1 Å². The topological polar surface area (TPSA) is 29.3 Å². The summed E-state index contributed by atoms with van der Waals surface area (Å²) >= 11 is 0. The quantitative estimate of drug-likeness (QED) is 0.764. The summed E-state index contributed by atoms with van der Waals surface area (Å²) in [6.45, 7) is 2.72. The number of nitrogens with two attached hydrogens (primary N) is 1. The van der Waals surface area contributed by atoms with Gasteiger partial charge in [0.2, 0.25) is 0 Å². The van der Waals surface area contributed by atoms with Crippen molar-refractivity contribution in [2.45, 2.75) is 25.4 Å². The summed E-state index contributed by atoms with van der Waals surface area (Å²) < 4.78 is 0. The smallest absolute Gasteiger partial charge is 0.0285 e. The minimum absolute atomic E-state index is 0.587. The molecule has 1 aliphatic rings. The monoisotopic (exact) mass is 216 g/mol. The number of allylic oxidation sites excluding steroid dienone is 1.